The van der Waals surface area contributed by atoms with Crippen LogP contribution >= 0.6 is 22.9 Å². The number of fused-ring (bicyclic) bond motifs is 1. The Hall–Kier alpha value is -2.51. The first kappa shape index (κ1) is 22.7. The number of terminal acetylenes is 1. The van der Waals surface area contributed by atoms with Gasteiger partial charge < -0.3 is 4.57 Å². The molecule has 3 aromatic rings. The minimum atomic E-state index is -3.65. The summed E-state index contributed by atoms with van der Waals surface area (Å²) in [6.07, 6.45) is 6.19. The van der Waals surface area contributed by atoms with Gasteiger partial charge in [0.15, 0.2) is 4.80 Å². The number of thiazole rings is 1. The lowest BCUT2D eigenvalue weighted by Crippen LogP contribution is -2.40. The molecule has 1 amide bonds. The van der Waals surface area contributed by atoms with Crippen LogP contribution in [0.1, 0.15) is 12.8 Å². The van der Waals surface area contributed by atoms with Crippen molar-refractivity contribution in [1.82, 2.24) is 8.87 Å². The van der Waals surface area contributed by atoms with Gasteiger partial charge in [-0.15, -0.1) is 6.42 Å². The number of benzene rings is 2. The maximum absolute atomic E-state index is 13.6. The second kappa shape index (κ2) is 9.16. The number of carbonyl (C=O) groups is 1. The number of amides is 1. The van der Waals surface area contributed by atoms with Crippen molar-refractivity contribution in [3.63, 3.8) is 0 Å². The maximum Gasteiger partial charge on any atom is 0.251 e. The first-order valence-corrected chi connectivity index (χ1v) is 12.5. The monoisotopic (exact) mass is 491 g/mol. The van der Waals surface area contributed by atoms with Gasteiger partial charge in [-0.25, -0.2) is 12.8 Å². The van der Waals surface area contributed by atoms with E-state index in [1.54, 1.807) is 10.6 Å². The number of nitrogens with zero attached hydrogens (tertiary/aromatic N) is 3. The smallest absolute Gasteiger partial charge is 0.251 e. The molecule has 0 radical (unpaired) electrons. The van der Waals surface area contributed by atoms with Crippen LogP contribution < -0.4 is 4.80 Å². The van der Waals surface area contributed by atoms with Gasteiger partial charge >= 0.3 is 0 Å². The second-order valence-corrected chi connectivity index (χ2v) is 10.8. The zero-order valence-corrected chi connectivity index (χ0v) is 19.3. The number of halogens is 2. The molecule has 2 heterocycles. The topological polar surface area (TPSA) is 71.7 Å². The molecule has 0 spiro atoms. The Kier molecular flexibility index (Phi) is 6.49. The van der Waals surface area contributed by atoms with Crippen LogP contribution in [0, 0.1) is 24.1 Å². The quantitative estimate of drug-likeness (QED) is 0.523. The molecule has 0 saturated carbocycles. The van der Waals surface area contributed by atoms with Crippen molar-refractivity contribution >= 4 is 49.1 Å². The van der Waals surface area contributed by atoms with Crippen LogP contribution in [0.25, 0.3) is 10.2 Å². The molecule has 6 nitrogen and oxygen atoms in total. The van der Waals surface area contributed by atoms with Crippen molar-refractivity contribution in [2.75, 3.05) is 13.1 Å². The van der Waals surface area contributed by atoms with E-state index in [9.17, 15) is 17.6 Å². The van der Waals surface area contributed by atoms with Gasteiger partial charge in [-0.05, 0) is 55.3 Å². The highest BCUT2D eigenvalue weighted by molar-refractivity contribution is 7.89. The Labute approximate surface area is 194 Å². The van der Waals surface area contributed by atoms with E-state index in [0.717, 1.165) is 0 Å². The van der Waals surface area contributed by atoms with Gasteiger partial charge in [0, 0.05) is 24.0 Å². The summed E-state index contributed by atoms with van der Waals surface area (Å²) in [4.78, 5) is 17.7. The van der Waals surface area contributed by atoms with Crippen molar-refractivity contribution in [3.8, 4) is 12.3 Å². The molecule has 2 aromatic carbocycles. The fourth-order valence-corrected chi connectivity index (χ4v) is 6.32. The van der Waals surface area contributed by atoms with Crippen molar-refractivity contribution in [1.29, 1.82) is 0 Å². The first-order valence-electron chi connectivity index (χ1n) is 9.86. The summed E-state index contributed by atoms with van der Waals surface area (Å²) in [6.45, 7) is 0.646. The van der Waals surface area contributed by atoms with Gasteiger partial charge in [0.1, 0.15) is 5.82 Å². The highest BCUT2D eigenvalue weighted by Crippen LogP contribution is 2.26. The highest BCUT2D eigenvalue weighted by atomic mass is 35.5. The molecule has 4 rings (SSSR count). The van der Waals surface area contributed by atoms with Gasteiger partial charge in [0.25, 0.3) is 5.91 Å². The molecule has 1 aromatic heterocycles. The standard InChI is InChI=1S/C22H19ClFN3O3S2/c1-2-11-27-19-8-5-17(24)14-20(19)31-22(27)25-21(28)15-9-12-26(13-10-15)32(29,30)18-6-3-16(23)4-7-18/h1,3-8,14-15H,9-13H2. The SMILES string of the molecule is C#CCn1c(=NC(=O)C2CCN(S(=O)(=O)c3ccc(Cl)cc3)CC2)sc2cc(F)ccc21. The Morgan fingerprint density at radius 3 is 2.56 bits per heavy atom. The van der Waals surface area contributed by atoms with E-state index in [4.69, 9.17) is 18.0 Å². The number of sulfonamides is 1. The summed E-state index contributed by atoms with van der Waals surface area (Å²) in [5.41, 5.74) is 0.713. The number of aromatic nitrogens is 1. The highest BCUT2D eigenvalue weighted by Gasteiger charge is 2.32. The molecule has 10 heteroatoms. The summed E-state index contributed by atoms with van der Waals surface area (Å²) >= 11 is 7.04. The largest absolute Gasteiger partial charge is 0.305 e. The fourth-order valence-electron chi connectivity index (χ4n) is 3.66. The molecule has 0 N–H and O–H groups in total. The van der Waals surface area contributed by atoms with E-state index < -0.39 is 15.9 Å². The zero-order chi connectivity index (χ0) is 22.9. The molecule has 1 fully saturated rings. The number of rotatable bonds is 4. The van der Waals surface area contributed by atoms with E-state index in [1.165, 1.54) is 52.0 Å². The zero-order valence-electron chi connectivity index (χ0n) is 16.9. The van der Waals surface area contributed by atoms with Crippen molar-refractivity contribution in [3.05, 3.63) is 58.1 Å². The van der Waals surface area contributed by atoms with Crippen LogP contribution in [0.5, 0.6) is 0 Å². The van der Waals surface area contributed by atoms with Gasteiger partial charge in [-0.2, -0.15) is 9.30 Å². The number of hydrogen-bond acceptors (Lipinski definition) is 4. The lowest BCUT2D eigenvalue weighted by molar-refractivity contribution is -0.122. The molecule has 166 valence electrons. The number of carbonyl (C=O) groups excluding carboxylic acids is 1. The average Bonchev–Trinajstić information content (AvgIpc) is 3.10. The molecule has 1 saturated heterocycles. The molecule has 0 atom stereocenters. The summed E-state index contributed by atoms with van der Waals surface area (Å²) in [5, 5.41) is 0.459. The number of hydrogen-bond donors (Lipinski definition) is 0. The lowest BCUT2D eigenvalue weighted by atomic mass is 9.98. The predicted molar refractivity (Wildman–Crippen MR) is 122 cm³/mol. The average molecular weight is 492 g/mol. The van der Waals surface area contributed by atoms with Crippen molar-refractivity contribution in [2.24, 2.45) is 10.9 Å². The molecule has 0 bridgehead atoms. The summed E-state index contributed by atoms with van der Waals surface area (Å²) in [7, 11) is -3.65. The third-order valence-corrected chi connectivity index (χ3v) is 8.56. The second-order valence-electron chi connectivity index (χ2n) is 7.37. The van der Waals surface area contributed by atoms with Crippen LogP contribution in [-0.4, -0.2) is 36.3 Å². The minimum Gasteiger partial charge on any atom is -0.305 e. The lowest BCUT2D eigenvalue weighted by Gasteiger charge is -2.29. The normalized spacial score (nSPS) is 16.3. The Bertz CT molecular complexity index is 1380. The Morgan fingerprint density at radius 1 is 1.22 bits per heavy atom. The van der Waals surface area contributed by atoms with Crippen LogP contribution in [0.4, 0.5) is 4.39 Å². The predicted octanol–water partition coefficient (Wildman–Crippen LogP) is 3.66. The third-order valence-electron chi connectivity index (χ3n) is 5.35. The summed E-state index contributed by atoms with van der Waals surface area (Å²) in [5.74, 6) is 1.44. The van der Waals surface area contributed by atoms with E-state index in [1.807, 2.05) is 0 Å². The van der Waals surface area contributed by atoms with Gasteiger partial charge in [0.05, 0.1) is 21.7 Å². The minimum absolute atomic E-state index is 0.171. The fraction of sp³-hybridized carbons (Fsp3) is 0.273. The summed E-state index contributed by atoms with van der Waals surface area (Å²) in [6, 6.07) is 10.3. The molecular weight excluding hydrogens is 473 g/mol. The molecule has 1 aliphatic heterocycles. The molecule has 1 aliphatic rings. The molecule has 32 heavy (non-hydrogen) atoms. The van der Waals surface area contributed by atoms with Crippen LogP contribution in [-0.2, 0) is 21.4 Å². The van der Waals surface area contributed by atoms with Gasteiger partial charge in [-0.3, -0.25) is 4.79 Å². The Balaban J connectivity index is 1.53. The van der Waals surface area contributed by atoms with Crippen LogP contribution in [0.2, 0.25) is 5.02 Å². The molecule has 0 aliphatic carbocycles. The van der Waals surface area contributed by atoms with Crippen molar-refractivity contribution < 1.29 is 17.6 Å². The number of piperidine rings is 1. The van der Waals surface area contributed by atoms with Crippen LogP contribution in [0.15, 0.2) is 52.4 Å². The van der Waals surface area contributed by atoms with E-state index in [2.05, 4.69) is 10.9 Å². The maximum atomic E-state index is 13.6. The van der Waals surface area contributed by atoms with E-state index in [0.29, 0.717) is 32.9 Å². The molecular formula is C22H19ClFN3O3S2. The third kappa shape index (κ3) is 4.50. The van der Waals surface area contributed by atoms with Crippen LogP contribution in [0.3, 0.4) is 0 Å². The van der Waals surface area contributed by atoms with Gasteiger partial charge in [-0.1, -0.05) is 28.9 Å². The van der Waals surface area contributed by atoms with Gasteiger partial charge in [0.2, 0.25) is 10.0 Å². The van der Waals surface area contributed by atoms with Crippen molar-refractivity contribution in [2.45, 2.75) is 24.3 Å². The molecule has 0 unspecified atom stereocenters. The Morgan fingerprint density at radius 2 is 1.91 bits per heavy atom. The van der Waals surface area contributed by atoms with E-state index >= 15 is 0 Å². The first-order chi connectivity index (χ1) is 15.3. The summed E-state index contributed by atoms with van der Waals surface area (Å²) < 4.78 is 43.0. The van der Waals surface area contributed by atoms with E-state index in [-0.39, 0.29) is 36.3 Å².